The van der Waals surface area contributed by atoms with Crippen LogP contribution in [0.2, 0.25) is 0 Å². The highest BCUT2D eigenvalue weighted by atomic mass is 32.2. The fourth-order valence-electron chi connectivity index (χ4n) is 3.07. The average molecular weight is 356 g/mol. The minimum absolute atomic E-state index is 0.320. The second-order valence-electron chi connectivity index (χ2n) is 6.27. The summed E-state index contributed by atoms with van der Waals surface area (Å²) in [4.78, 5) is 0.320. The minimum Gasteiger partial charge on any atom is -0.347 e. The molecule has 0 radical (unpaired) electrons. The summed E-state index contributed by atoms with van der Waals surface area (Å²) >= 11 is 0. The number of rotatable bonds is 7. The van der Waals surface area contributed by atoms with E-state index in [-0.39, 0.29) is 0 Å². The summed E-state index contributed by atoms with van der Waals surface area (Å²) in [5.74, 6) is 0. The predicted octanol–water partition coefficient (Wildman–Crippen LogP) is 3.88. The number of fused-ring (bicyclic) bond motifs is 1. The molecule has 5 heteroatoms. The predicted molar refractivity (Wildman–Crippen MR) is 102 cm³/mol. The Bertz CT molecular complexity index is 957. The van der Waals surface area contributed by atoms with Crippen LogP contribution in [0.5, 0.6) is 0 Å². The largest absolute Gasteiger partial charge is 0.347 e. The van der Waals surface area contributed by atoms with Crippen LogP contribution in [-0.2, 0) is 23.0 Å². The van der Waals surface area contributed by atoms with E-state index in [4.69, 9.17) is 0 Å². The number of hydrogen-bond donors (Lipinski definition) is 1. The summed E-state index contributed by atoms with van der Waals surface area (Å²) in [7, 11) is -3.43. The SMILES string of the molecule is CCn1cc(CCCNS(=O)(=O)c2ccc(C)cc2)c2ccccc21. The molecule has 0 saturated heterocycles. The summed E-state index contributed by atoms with van der Waals surface area (Å²) in [6, 6.07) is 15.3. The standard InChI is InChI=1S/C20H24N2O2S/c1-3-22-15-17(19-8-4-5-9-20(19)22)7-6-14-21-25(23,24)18-12-10-16(2)11-13-18/h4-5,8-13,15,21H,3,6-7,14H2,1-2H3. The van der Waals surface area contributed by atoms with Gasteiger partial charge in [-0.25, -0.2) is 13.1 Å². The van der Waals surface area contributed by atoms with E-state index in [1.54, 1.807) is 12.1 Å². The van der Waals surface area contributed by atoms with Gasteiger partial charge in [0.15, 0.2) is 0 Å². The van der Waals surface area contributed by atoms with Crippen LogP contribution < -0.4 is 4.72 Å². The molecule has 0 fully saturated rings. The zero-order chi connectivity index (χ0) is 17.9. The lowest BCUT2D eigenvalue weighted by atomic mass is 10.1. The van der Waals surface area contributed by atoms with Crippen LogP contribution in [0.25, 0.3) is 10.9 Å². The van der Waals surface area contributed by atoms with Crippen LogP contribution in [0.1, 0.15) is 24.5 Å². The Kier molecular flexibility index (Phi) is 5.25. The van der Waals surface area contributed by atoms with Crippen molar-refractivity contribution in [2.75, 3.05) is 6.54 Å². The first-order valence-electron chi connectivity index (χ1n) is 8.64. The molecule has 2 aromatic carbocycles. The lowest BCUT2D eigenvalue weighted by molar-refractivity contribution is 0.579. The second-order valence-corrected chi connectivity index (χ2v) is 8.04. The third-order valence-corrected chi connectivity index (χ3v) is 5.93. The molecule has 0 bridgehead atoms. The van der Waals surface area contributed by atoms with Gasteiger partial charge in [-0.15, -0.1) is 0 Å². The van der Waals surface area contributed by atoms with Gasteiger partial charge in [0.2, 0.25) is 10.0 Å². The van der Waals surface area contributed by atoms with Crippen LogP contribution in [0.3, 0.4) is 0 Å². The second kappa shape index (κ2) is 7.42. The quantitative estimate of drug-likeness (QED) is 0.653. The van der Waals surface area contributed by atoms with Gasteiger partial charge in [0, 0.05) is 30.2 Å². The Hall–Kier alpha value is -2.11. The summed E-state index contributed by atoms with van der Waals surface area (Å²) < 4.78 is 29.5. The van der Waals surface area contributed by atoms with Crippen LogP contribution in [0.4, 0.5) is 0 Å². The van der Waals surface area contributed by atoms with Crippen LogP contribution in [-0.4, -0.2) is 19.5 Å². The van der Waals surface area contributed by atoms with Crippen molar-refractivity contribution in [3.8, 4) is 0 Å². The topological polar surface area (TPSA) is 51.1 Å². The Morgan fingerprint density at radius 1 is 1.04 bits per heavy atom. The van der Waals surface area contributed by atoms with Crippen molar-refractivity contribution in [1.29, 1.82) is 0 Å². The molecule has 0 aliphatic rings. The maximum Gasteiger partial charge on any atom is 0.240 e. The summed E-state index contributed by atoms with van der Waals surface area (Å²) in [5, 5.41) is 1.26. The van der Waals surface area contributed by atoms with Crippen molar-refractivity contribution in [3.63, 3.8) is 0 Å². The average Bonchev–Trinajstić information content (AvgIpc) is 2.97. The zero-order valence-electron chi connectivity index (χ0n) is 14.7. The third kappa shape index (κ3) is 3.94. The highest BCUT2D eigenvalue weighted by molar-refractivity contribution is 7.89. The fraction of sp³-hybridized carbons (Fsp3) is 0.300. The molecule has 3 aromatic rings. The molecule has 1 N–H and O–H groups in total. The maximum atomic E-state index is 12.3. The zero-order valence-corrected chi connectivity index (χ0v) is 15.5. The molecule has 0 spiro atoms. The number of para-hydroxylation sites is 1. The van der Waals surface area contributed by atoms with Crippen molar-refractivity contribution in [3.05, 3.63) is 65.9 Å². The lowest BCUT2D eigenvalue weighted by Crippen LogP contribution is -2.25. The van der Waals surface area contributed by atoms with E-state index in [0.717, 1.165) is 24.9 Å². The molecule has 132 valence electrons. The molecular weight excluding hydrogens is 332 g/mol. The lowest BCUT2D eigenvalue weighted by Gasteiger charge is -2.07. The first kappa shape index (κ1) is 17.7. The van der Waals surface area contributed by atoms with Crippen molar-refractivity contribution in [2.24, 2.45) is 0 Å². The minimum atomic E-state index is -3.43. The Labute approximate surface area is 149 Å². The smallest absolute Gasteiger partial charge is 0.240 e. The Balaban J connectivity index is 1.63. The van der Waals surface area contributed by atoms with Crippen molar-refractivity contribution >= 4 is 20.9 Å². The molecule has 0 unspecified atom stereocenters. The van der Waals surface area contributed by atoms with Crippen molar-refractivity contribution in [2.45, 2.75) is 38.1 Å². The van der Waals surface area contributed by atoms with Gasteiger partial charge < -0.3 is 4.57 Å². The van der Waals surface area contributed by atoms with Gasteiger partial charge in [-0.2, -0.15) is 0 Å². The molecule has 1 heterocycles. The number of hydrogen-bond acceptors (Lipinski definition) is 2. The molecule has 25 heavy (non-hydrogen) atoms. The van der Waals surface area contributed by atoms with Gasteiger partial charge in [0.05, 0.1) is 4.90 Å². The molecule has 0 aliphatic carbocycles. The van der Waals surface area contributed by atoms with E-state index in [9.17, 15) is 8.42 Å². The highest BCUT2D eigenvalue weighted by Gasteiger charge is 2.13. The van der Waals surface area contributed by atoms with E-state index in [1.807, 2.05) is 31.2 Å². The maximum absolute atomic E-state index is 12.3. The third-order valence-electron chi connectivity index (χ3n) is 4.46. The van der Waals surface area contributed by atoms with Crippen LogP contribution in [0, 0.1) is 6.92 Å². The highest BCUT2D eigenvalue weighted by Crippen LogP contribution is 2.22. The number of aryl methyl sites for hydroxylation is 3. The normalized spacial score (nSPS) is 11.9. The van der Waals surface area contributed by atoms with Gasteiger partial charge in [0.1, 0.15) is 0 Å². The number of nitrogens with one attached hydrogen (secondary N) is 1. The number of benzene rings is 2. The molecule has 3 rings (SSSR count). The molecule has 4 nitrogen and oxygen atoms in total. The van der Waals surface area contributed by atoms with E-state index in [0.29, 0.717) is 11.4 Å². The number of nitrogens with zero attached hydrogens (tertiary/aromatic N) is 1. The molecule has 0 aliphatic heterocycles. The first-order chi connectivity index (χ1) is 12.0. The number of sulfonamides is 1. The van der Waals surface area contributed by atoms with E-state index >= 15 is 0 Å². The summed E-state index contributed by atoms with van der Waals surface area (Å²) in [6.07, 6.45) is 3.80. The van der Waals surface area contributed by atoms with Gasteiger partial charge in [-0.3, -0.25) is 0 Å². The van der Waals surface area contributed by atoms with Gasteiger partial charge in [-0.1, -0.05) is 35.9 Å². The van der Waals surface area contributed by atoms with Crippen LogP contribution >= 0.6 is 0 Å². The summed E-state index contributed by atoms with van der Waals surface area (Å²) in [6.45, 7) is 5.44. The Morgan fingerprint density at radius 3 is 2.48 bits per heavy atom. The van der Waals surface area contributed by atoms with E-state index in [2.05, 4.69) is 34.5 Å². The van der Waals surface area contributed by atoms with Gasteiger partial charge in [0.25, 0.3) is 0 Å². The van der Waals surface area contributed by atoms with Gasteiger partial charge >= 0.3 is 0 Å². The molecule has 0 saturated carbocycles. The molecule has 0 atom stereocenters. The molecule has 1 aromatic heterocycles. The monoisotopic (exact) mass is 356 g/mol. The molecular formula is C20H24N2O2S. The molecule has 0 amide bonds. The van der Waals surface area contributed by atoms with E-state index in [1.165, 1.54) is 16.5 Å². The summed E-state index contributed by atoms with van der Waals surface area (Å²) in [5.41, 5.74) is 3.55. The van der Waals surface area contributed by atoms with E-state index < -0.39 is 10.0 Å². The van der Waals surface area contributed by atoms with Crippen LogP contribution in [0.15, 0.2) is 59.6 Å². The Morgan fingerprint density at radius 2 is 1.76 bits per heavy atom. The fourth-order valence-corrected chi connectivity index (χ4v) is 4.14. The van der Waals surface area contributed by atoms with Crippen molar-refractivity contribution < 1.29 is 8.42 Å². The van der Waals surface area contributed by atoms with Crippen molar-refractivity contribution in [1.82, 2.24) is 9.29 Å². The van der Waals surface area contributed by atoms with Gasteiger partial charge in [-0.05, 0) is 50.5 Å². The first-order valence-corrected chi connectivity index (χ1v) is 10.1. The number of aromatic nitrogens is 1.